The number of hydrogen-bond donors (Lipinski definition) is 0. The van der Waals surface area contributed by atoms with Crippen LogP contribution in [0, 0.1) is 5.41 Å². The van der Waals surface area contributed by atoms with Crippen molar-refractivity contribution in [2.24, 2.45) is 5.41 Å². The van der Waals surface area contributed by atoms with Gasteiger partial charge in [-0.1, -0.05) is 13.8 Å². The van der Waals surface area contributed by atoms with Crippen LogP contribution in [0.25, 0.3) is 0 Å². The van der Waals surface area contributed by atoms with Crippen LogP contribution in [0.2, 0.25) is 0 Å². The maximum Gasteiger partial charge on any atom is 0.189 e. The van der Waals surface area contributed by atoms with Crippen molar-refractivity contribution in [3.8, 4) is 0 Å². The molecule has 4 nitrogen and oxygen atoms in total. The lowest BCUT2D eigenvalue weighted by Crippen LogP contribution is -2.45. The summed E-state index contributed by atoms with van der Waals surface area (Å²) in [6.45, 7) is 8.09. The summed E-state index contributed by atoms with van der Waals surface area (Å²) in [6, 6.07) is 0. The van der Waals surface area contributed by atoms with Crippen molar-refractivity contribution >= 4 is 0 Å². The third-order valence-electron chi connectivity index (χ3n) is 3.88. The van der Waals surface area contributed by atoms with Crippen molar-refractivity contribution in [3.05, 3.63) is 11.8 Å². The Morgan fingerprint density at radius 3 is 2.33 bits per heavy atom. The predicted octanol–water partition coefficient (Wildman–Crippen LogP) is 2.01. The lowest BCUT2D eigenvalue weighted by Gasteiger charge is -2.44. The Balaban J connectivity index is 2.23. The Morgan fingerprint density at radius 2 is 1.78 bits per heavy atom. The summed E-state index contributed by atoms with van der Waals surface area (Å²) in [5.41, 5.74) is 1.52. The van der Waals surface area contributed by atoms with Crippen LogP contribution in [-0.2, 0) is 14.2 Å². The summed E-state index contributed by atoms with van der Waals surface area (Å²) in [4.78, 5) is 2.40. The lowest BCUT2D eigenvalue weighted by atomic mass is 9.76. The van der Waals surface area contributed by atoms with E-state index in [-0.39, 0.29) is 5.41 Å². The summed E-state index contributed by atoms with van der Waals surface area (Å²) in [5, 5.41) is 0. The molecule has 1 aliphatic carbocycles. The molecular formula is C14H25NO3. The number of allylic oxidation sites excluding steroid dienone is 1. The minimum absolute atomic E-state index is 0.189. The van der Waals surface area contributed by atoms with Crippen LogP contribution in [0.5, 0.6) is 0 Å². The van der Waals surface area contributed by atoms with E-state index < -0.39 is 5.79 Å². The van der Waals surface area contributed by atoms with E-state index in [4.69, 9.17) is 14.2 Å². The van der Waals surface area contributed by atoms with Gasteiger partial charge in [-0.15, -0.1) is 0 Å². The van der Waals surface area contributed by atoms with Crippen molar-refractivity contribution in [3.63, 3.8) is 0 Å². The molecule has 0 saturated carbocycles. The lowest BCUT2D eigenvalue weighted by molar-refractivity contribution is -0.195. The second-order valence-electron chi connectivity index (χ2n) is 5.97. The Morgan fingerprint density at radius 1 is 1.17 bits per heavy atom. The van der Waals surface area contributed by atoms with Crippen LogP contribution in [0.15, 0.2) is 11.8 Å². The molecule has 18 heavy (non-hydrogen) atoms. The highest BCUT2D eigenvalue weighted by Crippen LogP contribution is 2.43. The largest absolute Gasteiger partial charge is 0.378 e. The molecular weight excluding hydrogens is 230 g/mol. The fourth-order valence-corrected chi connectivity index (χ4v) is 2.97. The Kier molecular flexibility index (Phi) is 3.99. The minimum Gasteiger partial charge on any atom is -0.378 e. The first-order chi connectivity index (χ1) is 8.50. The highest BCUT2D eigenvalue weighted by atomic mass is 16.7. The Hall–Kier alpha value is -0.580. The zero-order valence-corrected chi connectivity index (χ0v) is 12.0. The van der Waals surface area contributed by atoms with Gasteiger partial charge < -0.3 is 19.1 Å². The van der Waals surface area contributed by atoms with Gasteiger partial charge in [0.15, 0.2) is 5.79 Å². The van der Waals surface area contributed by atoms with Crippen molar-refractivity contribution in [1.29, 1.82) is 0 Å². The van der Waals surface area contributed by atoms with E-state index in [9.17, 15) is 0 Å². The molecule has 0 N–H and O–H groups in total. The van der Waals surface area contributed by atoms with Gasteiger partial charge in [-0.3, -0.25) is 0 Å². The normalized spacial score (nSPS) is 26.9. The molecule has 0 aromatic rings. The van der Waals surface area contributed by atoms with E-state index in [0.29, 0.717) is 0 Å². The van der Waals surface area contributed by atoms with E-state index in [1.54, 1.807) is 14.2 Å². The molecule has 0 aromatic carbocycles. The third kappa shape index (κ3) is 2.87. The first kappa shape index (κ1) is 13.8. The van der Waals surface area contributed by atoms with Gasteiger partial charge in [0, 0.05) is 39.4 Å². The van der Waals surface area contributed by atoms with Gasteiger partial charge in [-0.2, -0.15) is 0 Å². The standard InChI is InChI=1S/C14H25NO3/c1-13(2)9-12(15-5-7-18-8-6-15)10-14(11-13,16-3)17-4/h10H,5-9,11H2,1-4H3. The molecule has 0 spiro atoms. The summed E-state index contributed by atoms with van der Waals surface area (Å²) in [7, 11) is 3.44. The first-order valence-corrected chi connectivity index (χ1v) is 6.65. The van der Waals surface area contributed by atoms with E-state index >= 15 is 0 Å². The van der Waals surface area contributed by atoms with Gasteiger partial charge in [0.2, 0.25) is 0 Å². The van der Waals surface area contributed by atoms with Crippen LogP contribution in [-0.4, -0.2) is 51.2 Å². The van der Waals surface area contributed by atoms with Gasteiger partial charge in [-0.05, 0) is 17.9 Å². The molecule has 0 atom stereocenters. The SMILES string of the molecule is COC1(OC)C=C(N2CCOCC2)CC(C)(C)C1. The number of rotatable bonds is 3. The second-order valence-corrected chi connectivity index (χ2v) is 5.97. The molecule has 0 aromatic heterocycles. The molecule has 2 aliphatic rings. The molecule has 104 valence electrons. The molecule has 0 radical (unpaired) electrons. The summed E-state index contributed by atoms with van der Waals surface area (Å²) in [6.07, 6.45) is 4.12. The molecule has 1 aliphatic heterocycles. The number of methoxy groups -OCH3 is 2. The summed E-state index contributed by atoms with van der Waals surface area (Å²) >= 11 is 0. The highest BCUT2D eigenvalue weighted by molar-refractivity contribution is 5.16. The zero-order chi connectivity index (χ0) is 13.2. The number of ether oxygens (including phenoxy) is 3. The van der Waals surface area contributed by atoms with Gasteiger partial charge in [0.1, 0.15) is 0 Å². The molecule has 0 bridgehead atoms. The molecule has 4 heteroatoms. The fraction of sp³-hybridized carbons (Fsp3) is 0.857. The number of nitrogens with zero attached hydrogens (tertiary/aromatic N) is 1. The van der Waals surface area contributed by atoms with Crippen molar-refractivity contribution < 1.29 is 14.2 Å². The predicted molar refractivity (Wildman–Crippen MR) is 70.2 cm³/mol. The number of hydrogen-bond acceptors (Lipinski definition) is 4. The molecule has 1 saturated heterocycles. The Labute approximate surface area is 110 Å². The Bertz CT molecular complexity index is 315. The van der Waals surface area contributed by atoms with Crippen molar-refractivity contribution in [2.45, 2.75) is 32.5 Å². The van der Waals surface area contributed by atoms with Crippen molar-refractivity contribution in [1.82, 2.24) is 4.90 Å². The summed E-state index contributed by atoms with van der Waals surface area (Å²) < 4.78 is 16.7. The maximum absolute atomic E-state index is 5.63. The zero-order valence-electron chi connectivity index (χ0n) is 12.0. The van der Waals surface area contributed by atoms with E-state index in [0.717, 1.165) is 39.1 Å². The van der Waals surface area contributed by atoms with E-state index in [1.807, 2.05) is 0 Å². The van der Waals surface area contributed by atoms with E-state index in [2.05, 4.69) is 24.8 Å². The first-order valence-electron chi connectivity index (χ1n) is 6.65. The van der Waals surface area contributed by atoms with Crippen LogP contribution in [0.4, 0.5) is 0 Å². The van der Waals surface area contributed by atoms with Gasteiger partial charge in [0.05, 0.1) is 13.2 Å². The average Bonchev–Trinajstić information content (AvgIpc) is 2.38. The second kappa shape index (κ2) is 5.19. The quantitative estimate of drug-likeness (QED) is 0.722. The minimum atomic E-state index is -0.574. The maximum atomic E-state index is 5.63. The smallest absolute Gasteiger partial charge is 0.189 e. The molecule has 1 heterocycles. The topological polar surface area (TPSA) is 30.9 Å². The van der Waals surface area contributed by atoms with Gasteiger partial charge in [-0.25, -0.2) is 0 Å². The van der Waals surface area contributed by atoms with Crippen LogP contribution in [0.3, 0.4) is 0 Å². The van der Waals surface area contributed by atoms with Gasteiger partial charge >= 0.3 is 0 Å². The third-order valence-corrected chi connectivity index (χ3v) is 3.88. The van der Waals surface area contributed by atoms with Gasteiger partial charge in [0.25, 0.3) is 0 Å². The van der Waals surface area contributed by atoms with Crippen molar-refractivity contribution in [2.75, 3.05) is 40.5 Å². The average molecular weight is 255 g/mol. The van der Waals surface area contributed by atoms with Crippen LogP contribution < -0.4 is 0 Å². The molecule has 0 unspecified atom stereocenters. The highest BCUT2D eigenvalue weighted by Gasteiger charge is 2.41. The monoisotopic (exact) mass is 255 g/mol. The van der Waals surface area contributed by atoms with Crippen LogP contribution >= 0.6 is 0 Å². The number of morpholine rings is 1. The summed E-state index contributed by atoms with van der Waals surface area (Å²) in [5.74, 6) is -0.574. The van der Waals surface area contributed by atoms with Crippen LogP contribution in [0.1, 0.15) is 26.7 Å². The molecule has 2 rings (SSSR count). The molecule has 1 fully saturated rings. The molecule has 0 amide bonds. The van der Waals surface area contributed by atoms with E-state index in [1.165, 1.54) is 5.70 Å². The fourth-order valence-electron chi connectivity index (χ4n) is 2.97.